The summed E-state index contributed by atoms with van der Waals surface area (Å²) in [6.45, 7) is 0.751. The van der Waals surface area contributed by atoms with E-state index in [1.807, 2.05) is 18.2 Å². The lowest BCUT2D eigenvalue weighted by Crippen LogP contribution is -2.15. The zero-order valence-corrected chi connectivity index (χ0v) is 12.3. The lowest BCUT2D eigenvalue weighted by Gasteiger charge is -2.17. The molecule has 1 amide bonds. The van der Waals surface area contributed by atoms with Crippen LogP contribution in [0.25, 0.3) is 0 Å². The molecule has 0 saturated heterocycles. The molecule has 0 bridgehead atoms. The van der Waals surface area contributed by atoms with Crippen LogP contribution in [0.2, 0.25) is 0 Å². The molecule has 0 aliphatic carbocycles. The number of aryl methyl sites for hydroxylation is 1. The smallest absolute Gasteiger partial charge is 0.256 e. The number of anilines is 1. The van der Waals surface area contributed by atoms with Gasteiger partial charge in [0.2, 0.25) is 0 Å². The standard InChI is InChI=1S/C15H13BrN2O2/c16-12-5-6-17-14(9-12)18-15(19)11-3-4-13-10(8-11)2-1-7-20-13/h3-6,8-9H,1-2,7H2,(H,17,18,19). The van der Waals surface area contributed by atoms with Crippen LogP contribution in [0, 0.1) is 0 Å². The van der Waals surface area contributed by atoms with Gasteiger partial charge in [-0.15, -0.1) is 0 Å². The first kappa shape index (κ1) is 13.1. The van der Waals surface area contributed by atoms with Crippen LogP contribution in [-0.2, 0) is 6.42 Å². The van der Waals surface area contributed by atoms with E-state index in [9.17, 15) is 4.79 Å². The number of rotatable bonds is 2. The highest BCUT2D eigenvalue weighted by Crippen LogP contribution is 2.25. The van der Waals surface area contributed by atoms with E-state index >= 15 is 0 Å². The Bertz CT molecular complexity index is 658. The minimum atomic E-state index is -0.163. The van der Waals surface area contributed by atoms with Crippen LogP contribution in [0.3, 0.4) is 0 Å². The fraction of sp³-hybridized carbons (Fsp3) is 0.200. The Morgan fingerprint density at radius 1 is 1.30 bits per heavy atom. The minimum absolute atomic E-state index is 0.163. The van der Waals surface area contributed by atoms with Gasteiger partial charge in [0.1, 0.15) is 11.6 Å². The number of carbonyl (C=O) groups is 1. The van der Waals surface area contributed by atoms with E-state index in [-0.39, 0.29) is 5.91 Å². The third-order valence-corrected chi connectivity index (χ3v) is 3.63. The van der Waals surface area contributed by atoms with Crippen molar-refractivity contribution >= 4 is 27.7 Å². The van der Waals surface area contributed by atoms with Crippen molar-refractivity contribution in [3.05, 3.63) is 52.1 Å². The molecule has 0 saturated carbocycles. The maximum absolute atomic E-state index is 12.2. The Labute approximate surface area is 125 Å². The molecule has 1 N–H and O–H groups in total. The highest BCUT2D eigenvalue weighted by atomic mass is 79.9. The van der Waals surface area contributed by atoms with Gasteiger partial charge in [0, 0.05) is 16.2 Å². The van der Waals surface area contributed by atoms with E-state index in [1.54, 1.807) is 18.3 Å². The molecule has 2 aromatic rings. The molecule has 1 aliphatic heterocycles. The van der Waals surface area contributed by atoms with Crippen LogP contribution in [0.4, 0.5) is 5.82 Å². The Hall–Kier alpha value is -1.88. The number of nitrogens with one attached hydrogen (secondary N) is 1. The monoisotopic (exact) mass is 332 g/mol. The van der Waals surface area contributed by atoms with Crippen LogP contribution >= 0.6 is 15.9 Å². The van der Waals surface area contributed by atoms with Crippen LogP contribution in [-0.4, -0.2) is 17.5 Å². The van der Waals surface area contributed by atoms with Gasteiger partial charge in [-0.3, -0.25) is 4.79 Å². The summed E-state index contributed by atoms with van der Waals surface area (Å²) >= 11 is 3.35. The Morgan fingerprint density at radius 3 is 3.05 bits per heavy atom. The Morgan fingerprint density at radius 2 is 2.20 bits per heavy atom. The molecular weight excluding hydrogens is 320 g/mol. The van der Waals surface area contributed by atoms with Crippen molar-refractivity contribution in [2.75, 3.05) is 11.9 Å². The highest BCUT2D eigenvalue weighted by Gasteiger charge is 2.14. The van der Waals surface area contributed by atoms with E-state index in [1.165, 1.54) is 0 Å². The molecule has 0 spiro atoms. The molecule has 1 aliphatic rings. The number of carbonyl (C=O) groups excluding carboxylic acids is 1. The number of hydrogen-bond acceptors (Lipinski definition) is 3. The Balaban J connectivity index is 1.80. The van der Waals surface area contributed by atoms with Gasteiger partial charge in [-0.2, -0.15) is 0 Å². The maximum atomic E-state index is 12.2. The minimum Gasteiger partial charge on any atom is -0.493 e. The lowest BCUT2D eigenvalue weighted by atomic mass is 10.0. The number of halogens is 1. The number of fused-ring (bicyclic) bond motifs is 1. The van der Waals surface area contributed by atoms with E-state index in [0.29, 0.717) is 11.4 Å². The van der Waals surface area contributed by atoms with Gasteiger partial charge in [-0.25, -0.2) is 4.98 Å². The van der Waals surface area contributed by atoms with E-state index in [0.717, 1.165) is 35.2 Å². The molecule has 102 valence electrons. The summed E-state index contributed by atoms with van der Waals surface area (Å²) in [4.78, 5) is 16.3. The molecule has 0 atom stereocenters. The van der Waals surface area contributed by atoms with Crippen LogP contribution < -0.4 is 10.1 Å². The first-order valence-corrected chi connectivity index (χ1v) is 7.20. The number of amides is 1. The summed E-state index contributed by atoms with van der Waals surface area (Å²) in [7, 11) is 0. The van der Waals surface area contributed by atoms with Gasteiger partial charge in [-0.1, -0.05) is 15.9 Å². The van der Waals surface area contributed by atoms with Crippen molar-refractivity contribution < 1.29 is 9.53 Å². The lowest BCUT2D eigenvalue weighted by molar-refractivity contribution is 0.102. The van der Waals surface area contributed by atoms with Gasteiger partial charge in [-0.05, 0) is 48.7 Å². The maximum Gasteiger partial charge on any atom is 0.256 e. The number of pyridine rings is 1. The summed E-state index contributed by atoms with van der Waals surface area (Å²) in [5, 5.41) is 2.78. The fourth-order valence-electron chi connectivity index (χ4n) is 2.16. The van der Waals surface area contributed by atoms with E-state index in [2.05, 4.69) is 26.2 Å². The highest BCUT2D eigenvalue weighted by molar-refractivity contribution is 9.10. The summed E-state index contributed by atoms with van der Waals surface area (Å²) in [6.07, 6.45) is 3.58. The van der Waals surface area contributed by atoms with Gasteiger partial charge < -0.3 is 10.1 Å². The first-order chi connectivity index (χ1) is 9.72. The van der Waals surface area contributed by atoms with Crippen LogP contribution in [0.15, 0.2) is 41.0 Å². The molecule has 2 heterocycles. The van der Waals surface area contributed by atoms with Crippen molar-refractivity contribution in [3.63, 3.8) is 0 Å². The molecule has 0 fully saturated rings. The number of aromatic nitrogens is 1. The van der Waals surface area contributed by atoms with Crippen LogP contribution in [0.1, 0.15) is 22.3 Å². The predicted molar refractivity (Wildman–Crippen MR) is 80.1 cm³/mol. The zero-order valence-electron chi connectivity index (χ0n) is 10.7. The predicted octanol–water partition coefficient (Wildman–Crippen LogP) is 3.42. The van der Waals surface area contributed by atoms with Gasteiger partial charge in [0.05, 0.1) is 6.61 Å². The quantitative estimate of drug-likeness (QED) is 0.916. The van der Waals surface area contributed by atoms with Crippen molar-refractivity contribution in [3.8, 4) is 5.75 Å². The van der Waals surface area contributed by atoms with Crippen molar-refractivity contribution in [1.29, 1.82) is 0 Å². The second kappa shape index (κ2) is 5.63. The average Bonchev–Trinajstić information content (AvgIpc) is 2.47. The molecule has 3 rings (SSSR count). The van der Waals surface area contributed by atoms with Crippen molar-refractivity contribution in [1.82, 2.24) is 4.98 Å². The number of ether oxygens (including phenoxy) is 1. The molecule has 20 heavy (non-hydrogen) atoms. The van der Waals surface area contributed by atoms with Crippen LogP contribution in [0.5, 0.6) is 5.75 Å². The molecule has 4 nitrogen and oxygen atoms in total. The topological polar surface area (TPSA) is 51.2 Å². The van der Waals surface area contributed by atoms with Crippen molar-refractivity contribution in [2.45, 2.75) is 12.8 Å². The third kappa shape index (κ3) is 2.82. The van der Waals surface area contributed by atoms with Crippen molar-refractivity contribution in [2.24, 2.45) is 0 Å². The number of benzene rings is 1. The molecule has 1 aromatic carbocycles. The summed E-state index contributed by atoms with van der Waals surface area (Å²) in [5.41, 5.74) is 1.71. The summed E-state index contributed by atoms with van der Waals surface area (Å²) in [5.74, 6) is 1.25. The van der Waals surface area contributed by atoms with Gasteiger partial charge in [0.15, 0.2) is 0 Å². The third-order valence-electron chi connectivity index (χ3n) is 3.13. The van der Waals surface area contributed by atoms with E-state index < -0.39 is 0 Å². The molecule has 0 unspecified atom stereocenters. The average molecular weight is 333 g/mol. The van der Waals surface area contributed by atoms with E-state index in [4.69, 9.17) is 4.74 Å². The Kier molecular flexibility index (Phi) is 3.69. The number of nitrogens with zero attached hydrogens (tertiary/aromatic N) is 1. The molecule has 5 heteroatoms. The fourth-order valence-corrected chi connectivity index (χ4v) is 2.50. The molecule has 1 aromatic heterocycles. The zero-order chi connectivity index (χ0) is 13.9. The van der Waals surface area contributed by atoms with Gasteiger partial charge in [0.25, 0.3) is 5.91 Å². The summed E-state index contributed by atoms with van der Waals surface area (Å²) in [6, 6.07) is 9.10. The molecule has 0 radical (unpaired) electrons. The second-order valence-electron chi connectivity index (χ2n) is 4.59. The second-order valence-corrected chi connectivity index (χ2v) is 5.50. The molecular formula is C15H13BrN2O2. The van der Waals surface area contributed by atoms with Gasteiger partial charge >= 0.3 is 0 Å². The number of hydrogen-bond donors (Lipinski definition) is 1. The summed E-state index contributed by atoms with van der Waals surface area (Å²) < 4.78 is 6.42. The largest absolute Gasteiger partial charge is 0.493 e. The normalized spacial score (nSPS) is 13.2. The SMILES string of the molecule is O=C(Nc1cc(Br)ccn1)c1ccc2c(c1)CCCO2. The first-order valence-electron chi connectivity index (χ1n) is 6.41.